The zero-order valence-electron chi connectivity index (χ0n) is 8.54. The lowest BCUT2D eigenvalue weighted by Crippen LogP contribution is -2.37. The molecule has 0 amide bonds. The summed E-state index contributed by atoms with van der Waals surface area (Å²) in [6.45, 7) is 3.95. The number of hydrogen-bond donors (Lipinski definition) is 1. The fraction of sp³-hybridized carbons (Fsp3) is 1.00. The highest BCUT2D eigenvalue weighted by Crippen LogP contribution is 2.15. The molecule has 13 heavy (non-hydrogen) atoms. The Morgan fingerprint density at radius 2 is 2.38 bits per heavy atom. The Labute approximate surface area is 85.7 Å². The van der Waals surface area contributed by atoms with Crippen LogP contribution in [0.3, 0.4) is 0 Å². The third-order valence-electron chi connectivity index (χ3n) is 2.68. The van der Waals surface area contributed by atoms with Crippen LogP contribution in [0.2, 0.25) is 0 Å². The van der Waals surface area contributed by atoms with Gasteiger partial charge in [0.25, 0.3) is 0 Å². The molecule has 0 aromatic carbocycles. The maximum Gasteiger partial charge on any atom is 0.0471 e. The van der Waals surface area contributed by atoms with Crippen LogP contribution in [0.4, 0.5) is 0 Å². The van der Waals surface area contributed by atoms with Gasteiger partial charge in [-0.15, -0.1) is 0 Å². The van der Waals surface area contributed by atoms with E-state index < -0.39 is 0 Å². The highest BCUT2D eigenvalue weighted by molar-refractivity contribution is 7.98. The molecule has 1 aliphatic heterocycles. The van der Waals surface area contributed by atoms with E-state index in [0.717, 1.165) is 6.54 Å². The smallest absolute Gasteiger partial charge is 0.0471 e. The van der Waals surface area contributed by atoms with Gasteiger partial charge in [0.1, 0.15) is 0 Å². The van der Waals surface area contributed by atoms with Crippen LogP contribution in [0, 0.1) is 5.92 Å². The van der Waals surface area contributed by atoms with Crippen LogP contribution in [0.15, 0.2) is 0 Å². The Bertz CT molecular complexity index is 132. The van der Waals surface area contributed by atoms with Gasteiger partial charge in [-0.05, 0) is 50.3 Å². The number of thioether (sulfide) groups is 1. The normalized spacial score (nSPS) is 24.9. The van der Waals surface area contributed by atoms with Crippen molar-refractivity contribution in [1.82, 2.24) is 4.90 Å². The molecule has 0 radical (unpaired) electrons. The van der Waals surface area contributed by atoms with Crippen molar-refractivity contribution in [3.05, 3.63) is 0 Å². The highest BCUT2D eigenvalue weighted by atomic mass is 32.2. The van der Waals surface area contributed by atoms with Crippen molar-refractivity contribution in [3.8, 4) is 0 Å². The van der Waals surface area contributed by atoms with E-state index in [0.29, 0.717) is 12.5 Å². The monoisotopic (exact) mass is 203 g/mol. The summed E-state index contributed by atoms with van der Waals surface area (Å²) < 4.78 is 0. The summed E-state index contributed by atoms with van der Waals surface area (Å²) in [7, 11) is 0. The van der Waals surface area contributed by atoms with Crippen molar-refractivity contribution in [1.29, 1.82) is 0 Å². The standard InChI is InChI=1S/C10H21NOS/c1-13-7-3-6-11-5-2-4-10(8-11)9-12/h10,12H,2-9H2,1H3. The van der Waals surface area contributed by atoms with Gasteiger partial charge in [0.2, 0.25) is 0 Å². The van der Waals surface area contributed by atoms with Crippen molar-refractivity contribution in [2.24, 2.45) is 5.92 Å². The van der Waals surface area contributed by atoms with Crippen LogP contribution >= 0.6 is 11.8 Å². The molecule has 0 aromatic rings. The Balaban J connectivity index is 2.11. The quantitative estimate of drug-likeness (QED) is 0.684. The van der Waals surface area contributed by atoms with E-state index in [1.807, 2.05) is 11.8 Å². The van der Waals surface area contributed by atoms with Gasteiger partial charge >= 0.3 is 0 Å². The minimum atomic E-state index is 0.374. The highest BCUT2D eigenvalue weighted by Gasteiger charge is 2.18. The van der Waals surface area contributed by atoms with Gasteiger partial charge in [0, 0.05) is 13.2 Å². The maximum absolute atomic E-state index is 9.05. The van der Waals surface area contributed by atoms with Crippen molar-refractivity contribution in [3.63, 3.8) is 0 Å². The van der Waals surface area contributed by atoms with Gasteiger partial charge in [-0.2, -0.15) is 11.8 Å². The Kier molecular flexibility index (Phi) is 5.83. The number of nitrogens with zero attached hydrogens (tertiary/aromatic N) is 1. The van der Waals surface area contributed by atoms with Gasteiger partial charge in [0.15, 0.2) is 0 Å². The molecular weight excluding hydrogens is 182 g/mol. The van der Waals surface area contributed by atoms with E-state index in [1.165, 1.54) is 38.1 Å². The molecule has 1 fully saturated rings. The van der Waals surface area contributed by atoms with Crippen molar-refractivity contribution in [2.75, 3.05) is 38.2 Å². The first-order valence-electron chi connectivity index (χ1n) is 5.19. The second kappa shape index (κ2) is 6.68. The lowest BCUT2D eigenvalue weighted by atomic mass is 9.99. The van der Waals surface area contributed by atoms with Crippen LogP contribution in [0.5, 0.6) is 0 Å². The van der Waals surface area contributed by atoms with Gasteiger partial charge in [-0.25, -0.2) is 0 Å². The predicted octanol–water partition coefficient (Wildman–Crippen LogP) is 1.44. The van der Waals surface area contributed by atoms with Crippen molar-refractivity contribution < 1.29 is 5.11 Å². The summed E-state index contributed by atoms with van der Waals surface area (Å²) in [4.78, 5) is 2.50. The minimum absolute atomic E-state index is 0.374. The first kappa shape index (κ1) is 11.3. The fourth-order valence-corrected chi connectivity index (χ4v) is 2.35. The molecule has 1 aliphatic rings. The number of likely N-dealkylation sites (tertiary alicyclic amines) is 1. The van der Waals surface area contributed by atoms with E-state index in [4.69, 9.17) is 5.11 Å². The average Bonchev–Trinajstić information content (AvgIpc) is 2.19. The lowest BCUT2D eigenvalue weighted by molar-refractivity contribution is 0.121. The van der Waals surface area contributed by atoms with Gasteiger partial charge in [0.05, 0.1) is 0 Å². The number of aliphatic hydroxyl groups excluding tert-OH is 1. The second-order valence-corrected chi connectivity index (χ2v) is 4.82. The summed E-state index contributed by atoms with van der Waals surface area (Å²) in [6.07, 6.45) is 5.94. The SMILES string of the molecule is CSCCCN1CCCC(CO)C1. The molecule has 1 rings (SSSR count). The predicted molar refractivity (Wildman–Crippen MR) is 59.2 cm³/mol. The van der Waals surface area contributed by atoms with Crippen LogP contribution < -0.4 is 0 Å². The summed E-state index contributed by atoms with van der Waals surface area (Å²) >= 11 is 1.92. The zero-order valence-corrected chi connectivity index (χ0v) is 9.35. The molecule has 1 atom stereocenters. The van der Waals surface area contributed by atoms with Crippen molar-refractivity contribution >= 4 is 11.8 Å². The largest absolute Gasteiger partial charge is 0.396 e. The topological polar surface area (TPSA) is 23.5 Å². The molecular formula is C10H21NOS. The van der Waals surface area contributed by atoms with Crippen LogP contribution in [-0.4, -0.2) is 48.3 Å². The van der Waals surface area contributed by atoms with E-state index in [9.17, 15) is 0 Å². The Morgan fingerprint density at radius 3 is 3.08 bits per heavy atom. The summed E-state index contributed by atoms with van der Waals surface area (Å²) in [5.74, 6) is 1.81. The molecule has 1 saturated heterocycles. The summed E-state index contributed by atoms with van der Waals surface area (Å²) in [5.41, 5.74) is 0. The summed E-state index contributed by atoms with van der Waals surface area (Å²) in [6, 6.07) is 0. The van der Waals surface area contributed by atoms with Crippen molar-refractivity contribution in [2.45, 2.75) is 19.3 Å². The molecule has 78 valence electrons. The lowest BCUT2D eigenvalue weighted by Gasteiger charge is -2.31. The van der Waals surface area contributed by atoms with E-state index in [1.54, 1.807) is 0 Å². The van der Waals surface area contributed by atoms with E-state index >= 15 is 0 Å². The first-order valence-corrected chi connectivity index (χ1v) is 6.58. The number of piperidine rings is 1. The van der Waals surface area contributed by atoms with Crippen LogP contribution in [0.1, 0.15) is 19.3 Å². The van der Waals surface area contributed by atoms with Gasteiger partial charge in [-0.1, -0.05) is 0 Å². The molecule has 0 aliphatic carbocycles. The molecule has 1 unspecified atom stereocenters. The third-order valence-corrected chi connectivity index (χ3v) is 3.38. The summed E-state index contributed by atoms with van der Waals surface area (Å²) in [5, 5.41) is 9.05. The van der Waals surface area contributed by atoms with Gasteiger partial charge < -0.3 is 10.0 Å². The van der Waals surface area contributed by atoms with E-state index in [2.05, 4.69) is 11.2 Å². The average molecular weight is 203 g/mol. The molecule has 0 aromatic heterocycles. The zero-order chi connectivity index (χ0) is 9.52. The third kappa shape index (κ3) is 4.34. The molecule has 0 bridgehead atoms. The van der Waals surface area contributed by atoms with Gasteiger partial charge in [-0.3, -0.25) is 0 Å². The molecule has 0 spiro atoms. The van der Waals surface area contributed by atoms with Crippen LogP contribution in [-0.2, 0) is 0 Å². The van der Waals surface area contributed by atoms with E-state index in [-0.39, 0.29) is 0 Å². The molecule has 3 heteroatoms. The maximum atomic E-state index is 9.05. The minimum Gasteiger partial charge on any atom is -0.396 e. The number of rotatable bonds is 5. The fourth-order valence-electron chi connectivity index (χ4n) is 1.94. The Morgan fingerprint density at radius 1 is 1.54 bits per heavy atom. The van der Waals surface area contributed by atoms with Crippen LogP contribution in [0.25, 0.3) is 0 Å². The Hall–Kier alpha value is 0.270. The number of hydrogen-bond acceptors (Lipinski definition) is 3. The molecule has 1 heterocycles. The first-order chi connectivity index (χ1) is 6.36. The molecule has 0 saturated carbocycles. The molecule has 1 N–H and O–H groups in total. The molecule has 2 nitrogen and oxygen atoms in total. The number of aliphatic hydroxyl groups is 1. The second-order valence-electron chi connectivity index (χ2n) is 3.84.